The first-order chi connectivity index (χ1) is 6.20. The van der Waals surface area contributed by atoms with Gasteiger partial charge < -0.3 is 13.8 Å². The van der Waals surface area contributed by atoms with Crippen molar-refractivity contribution < 1.29 is 18.3 Å². The predicted molar refractivity (Wildman–Crippen MR) is 52.5 cm³/mol. The van der Waals surface area contributed by atoms with Crippen LogP contribution < -0.4 is 0 Å². The largest absolute Gasteiger partial charge is 0.500 e. The zero-order valence-corrected chi connectivity index (χ0v) is 9.40. The maximum Gasteiger partial charge on any atom is 0.393 e. The second-order valence-electron chi connectivity index (χ2n) is 2.46. The molecule has 0 amide bonds. The normalized spacial score (nSPS) is 17.8. The lowest BCUT2D eigenvalue weighted by Crippen LogP contribution is -1.97. The van der Waals surface area contributed by atoms with Crippen LogP contribution in [0.25, 0.3) is 0 Å². The molecule has 76 valence electrons. The highest BCUT2D eigenvalue weighted by Crippen LogP contribution is 2.63. The summed E-state index contributed by atoms with van der Waals surface area (Å²) >= 11 is 1.12. The Bertz CT molecular complexity index is 233. The summed E-state index contributed by atoms with van der Waals surface area (Å²) in [7, 11) is 2.75. The summed E-state index contributed by atoms with van der Waals surface area (Å²) in [6.45, 7) is -2.25. The van der Waals surface area contributed by atoms with E-state index in [1.807, 2.05) is 0 Å². The molecule has 0 saturated carbocycles. The fraction of sp³-hybridized carbons (Fsp3) is 0.714. The molecule has 0 atom stereocenters. The molecule has 0 bridgehead atoms. The highest BCUT2D eigenvalue weighted by molar-refractivity contribution is 8.57. The summed E-state index contributed by atoms with van der Waals surface area (Å²) in [5, 5.41) is 0. The van der Waals surface area contributed by atoms with Crippen molar-refractivity contribution in [2.45, 2.75) is 12.8 Å². The van der Waals surface area contributed by atoms with E-state index in [4.69, 9.17) is 13.8 Å². The fourth-order valence-corrected chi connectivity index (χ4v) is 3.54. The third-order valence-electron chi connectivity index (χ3n) is 1.58. The van der Waals surface area contributed by atoms with Crippen LogP contribution in [0.3, 0.4) is 0 Å². The van der Waals surface area contributed by atoms with E-state index in [-0.39, 0.29) is 0 Å². The molecule has 1 rings (SSSR count). The number of hydrogen-bond donors (Lipinski definition) is 0. The molecule has 0 aliphatic carbocycles. The van der Waals surface area contributed by atoms with Crippen molar-refractivity contribution >= 4 is 18.2 Å². The van der Waals surface area contributed by atoms with Gasteiger partial charge in [-0.2, -0.15) is 0 Å². The molecule has 0 aromatic rings. The van der Waals surface area contributed by atoms with Crippen LogP contribution in [0.4, 0.5) is 0 Å². The molecule has 0 saturated heterocycles. The van der Waals surface area contributed by atoms with Gasteiger partial charge in [-0.05, 0) is 24.2 Å². The van der Waals surface area contributed by atoms with Crippen molar-refractivity contribution in [2.24, 2.45) is 0 Å². The molecule has 0 unspecified atom stereocenters. The highest BCUT2D eigenvalue weighted by Gasteiger charge is 2.25. The Kier molecular flexibility index (Phi) is 4.32. The smallest absolute Gasteiger partial charge is 0.393 e. The van der Waals surface area contributed by atoms with Gasteiger partial charge in [0.1, 0.15) is 0 Å². The van der Waals surface area contributed by atoms with Gasteiger partial charge in [-0.25, -0.2) is 4.57 Å². The zero-order chi connectivity index (χ0) is 9.73. The van der Waals surface area contributed by atoms with Crippen LogP contribution in [0.1, 0.15) is 12.8 Å². The lowest BCUT2D eigenvalue weighted by atomic mass is 10.3. The average molecular weight is 224 g/mol. The van der Waals surface area contributed by atoms with Crippen molar-refractivity contribution in [1.82, 2.24) is 0 Å². The van der Waals surface area contributed by atoms with Gasteiger partial charge in [-0.1, -0.05) is 0 Å². The van der Waals surface area contributed by atoms with Gasteiger partial charge in [0.05, 0.1) is 12.9 Å². The number of ether oxygens (including phenoxy) is 1. The molecule has 0 radical (unpaired) electrons. The first-order valence-corrected chi connectivity index (χ1v) is 6.88. The minimum atomic E-state index is -2.98. The molecule has 0 spiro atoms. The van der Waals surface area contributed by atoms with E-state index in [1.165, 1.54) is 14.2 Å². The minimum Gasteiger partial charge on any atom is -0.500 e. The molecule has 0 aromatic carbocycles. The van der Waals surface area contributed by atoms with E-state index >= 15 is 0 Å². The van der Waals surface area contributed by atoms with Crippen LogP contribution in [-0.2, 0) is 18.3 Å². The Labute approximate surface area is 81.9 Å². The van der Waals surface area contributed by atoms with Crippen molar-refractivity contribution in [2.75, 3.05) is 20.8 Å². The molecular formula is C7H13O4PS. The second kappa shape index (κ2) is 5.05. The molecule has 1 aliphatic heterocycles. The second-order valence-corrected chi connectivity index (χ2v) is 6.68. The zero-order valence-electron chi connectivity index (χ0n) is 7.69. The van der Waals surface area contributed by atoms with Gasteiger partial charge in [0.2, 0.25) is 0 Å². The SMILES string of the molecule is COP(=O)(OC)SC1=COCCC1. The van der Waals surface area contributed by atoms with Gasteiger partial charge in [-0.15, -0.1) is 0 Å². The Balaban J connectivity index is 2.55. The van der Waals surface area contributed by atoms with Crippen LogP contribution in [0, 0.1) is 0 Å². The number of allylic oxidation sites excluding steroid dienone is 1. The van der Waals surface area contributed by atoms with Gasteiger partial charge in [0.25, 0.3) is 0 Å². The maximum absolute atomic E-state index is 11.6. The van der Waals surface area contributed by atoms with Crippen molar-refractivity contribution in [3.63, 3.8) is 0 Å². The molecular weight excluding hydrogens is 211 g/mol. The number of hydrogen-bond acceptors (Lipinski definition) is 5. The topological polar surface area (TPSA) is 44.8 Å². The fourth-order valence-electron chi connectivity index (χ4n) is 0.900. The van der Waals surface area contributed by atoms with Crippen LogP contribution >= 0.6 is 18.2 Å². The third-order valence-corrected chi connectivity index (χ3v) is 5.50. The monoisotopic (exact) mass is 224 g/mol. The lowest BCUT2D eigenvalue weighted by Gasteiger charge is -2.17. The molecule has 0 aromatic heterocycles. The molecule has 4 nitrogen and oxygen atoms in total. The van der Waals surface area contributed by atoms with Crippen molar-refractivity contribution in [1.29, 1.82) is 0 Å². The van der Waals surface area contributed by atoms with Gasteiger partial charge in [0.15, 0.2) is 0 Å². The van der Waals surface area contributed by atoms with Gasteiger partial charge >= 0.3 is 6.80 Å². The molecule has 1 aliphatic rings. The predicted octanol–water partition coefficient (Wildman–Crippen LogP) is 2.77. The Morgan fingerprint density at radius 2 is 2.23 bits per heavy atom. The first-order valence-electron chi connectivity index (χ1n) is 3.92. The summed E-state index contributed by atoms with van der Waals surface area (Å²) in [6.07, 6.45) is 3.45. The lowest BCUT2D eigenvalue weighted by molar-refractivity contribution is 0.229. The summed E-state index contributed by atoms with van der Waals surface area (Å²) in [5.74, 6) is 0. The van der Waals surface area contributed by atoms with Gasteiger partial charge in [-0.3, -0.25) is 0 Å². The van der Waals surface area contributed by atoms with E-state index in [0.717, 1.165) is 35.7 Å². The van der Waals surface area contributed by atoms with Crippen LogP contribution in [-0.4, -0.2) is 20.8 Å². The Hall–Kier alpha value is 0.0400. The van der Waals surface area contributed by atoms with E-state index in [2.05, 4.69) is 0 Å². The minimum absolute atomic E-state index is 0.730. The molecule has 6 heteroatoms. The quantitative estimate of drug-likeness (QED) is 0.687. The van der Waals surface area contributed by atoms with E-state index in [9.17, 15) is 4.57 Å². The summed E-state index contributed by atoms with van der Waals surface area (Å²) in [4.78, 5) is 0.915. The summed E-state index contributed by atoms with van der Waals surface area (Å²) in [5.41, 5.74) is 0. The Morgan fingerprint density at radius 1 is 1.54 bits per heavy atom. The molecule has 0 N–H and O–H groups in total. The third kappa shape index (κ3) is 3.35. The molecule has 0 fully saturated rings. The van der Waals surface area contributed by atoms with Crippen molar-refractivity contribution in [3.05, 3.63) is 11.2 Å². The number of rotatable bonds is 4. The van der Waals surface area contributed by atoms with E-state index in [0.29, 0.717) is 0 Å². The van der Waals surface area contributed by atoms with Crippen LogP contribution in [0.15, 0.2) is 11.2 Å². The average Bonchev–Trinajstić information content (AvgIpc) is 2.19. The Morgan fingerprint density at radius 3 is 2.69 bits per heavy atom. The summed E-state index contributed by atoms with van der Waals surface area (Å²) in [6, 6.07) is 0. The molecule has 1 heterocycles. The summed E-state index contributed by atoms with van der Waals surface area (Å²) < 4.78 is 26.3. The molecule has 13 heavy (non-hydrogen) atoms. The van der Waals surface area contributed by atoms with Gasteiger partial charge in [0, 0.05) is 19.1 Å². The van der Waals surface area contributed by atoms with Crippen molar-refractivity contribution in [3.8, 4) is 0 Å². The first kappa shape index (κ1) is 11.1. The van der Waals surface area contributed by atoms with Crippen LogP contribution in [0.5, 0.6) is 0 Å². The van der Waals surface area contributed by atoms with E-state index in [1.54, 1.807) is 6.26 Å². The standard InChI is InChI=1S/C7H13O4PS/c1-9-12(8,10-2)13-7-4-3-5-11-6-7/h6H,3-5H2,1-2H3. The van der Waals surface area contributed by atoms with E-state index < -0.39 is 6.80 Å². The van der Waals surface area contributed by atoms with Crippen LogP contribution in [0.2, 0.25) is 0 Å². The highest BCUT2D eigenvalue weighted by atomic mass is 32.7. The maximum atomic E-state index is 11.6.